The van der Waals surface area contributed by atoms with Gasteiger partial charge in [-0.05, 0) is 43.7 Å². The SMILES string of the molecule is CCONCC#Cc1ccc(Cn2c(C)cc(OCc3ncccn3)cc2=O)cc1. The molecule has 0 aliphatic carbocycles. The van der Waals surface area contributed by atoms with Gasteiger partial charge in [-0.2, -0.15) is 5.48 Å². The Kier molecular flexibility index (Phi) is 7.72. The lowest BCUT2D eigenvalue weighted by Gasteiger charge is -2.12. The van der Waals surface area contributed by atoms with Crippen LogP contribution in [0.2, 0.25) is 0 Å². The first-order chi connectivity index (χ1) is 14.7. The van der Waals surface area contributed by atoms with Gasteiger partial charge in [0.25, 0.3) is 5.56 Å². The fourth-order valence-corrected chi connectivity index (χ4v) is 2.75. The fraction of sp³-hybridized carbons (Fsp3) is 0.261. The lowest BCUT2D eigenvalue weighted by Crippen LogP contribution is -2.22. The van der Waals surface area contributed by atoms with Gasteiger partial charge in [0.1, 0.15) is 12.4 Å². The van der Waals surface area contributed by atoms with Crippen LogP contribution in [-0.2, 0) is 18.0 Å². The second-order valence-electron chi connectivity index (χ2n) is 6.46. The summed E-state index contributed by atoms with van der Waals surface area (Å²) >= 11 is 0. The molecule has 0 amide bonds. The first-order valence-electron chi connectivity index (χ1n) is 9.68. The molecule has 0 aliphatic rings. The molecule has 0 bridgehead atoms. The van der Waals surface area contributed by atoms with E-state index in [1.807, 2.05) is 44.2 Å². The molecule has 30 heavy (non-hydrogen) atoms. The van der Waals surface area contributed by atoms with E-state index in [4.69, 9.17) is 9.57 Å². The molecule has 0 saturated carbocycles. The van der Waals surface area contributed by atoms with Gasteiger partial charge in [-0.15, -0.1) is 0 Å². The fourth-order valence-electron chi connectivity index (χ4n) is 2.75. The van der Waals surface area contributed by atoms with E-state index in [9.17, 15) is 4.79 Å². The van der Waals surface area contributed by atoms with Crippen molar-refractivity contribution >= 4 is 0 Å². The highest BCUT2D eigenvalue weighted by molar-refractivity contribution is 5.36. The molecule has 1 aromatic carbocycles. The van der Waals surface area contributed by atoms with Crippen molar-refractivity contribution < 1.29 is 9.57 Å². The Morgan fingerprint density at radius 3 is 2.60 bits per heavy atom. The van der Waals surface area contributed by atoms with E-state index in [0.717, 1.165) is 16.8 Å². The van der Waals surface area contributed by atoms with Crippen LogP contribution in [0.25, 0.3) is 0 Å². The van der Waals surface area contributed by atoms with Crippen molar-refractivity contribution in [1.82, 2.24) is 20.0 Å². The summed E-state index contributed by atoms with van der Waals surface area (Å²) in [6.07, 6.45) is 3.31. The van der Waals surface area contributed by atoms with Crippen molar-refractivity contribution in [1.29, 1.82) is 0 Å². The summed E-state index contributed by atoms with van der Waals surface area (Å²) in [5.74, 6) is 7.13. The number of hydrogen-bond donors (Lipinski definition) is 1. The second-order valence-corrected chi connectivity index (χ2v) is 6.46. The van der Waals surface area contributed by atoms with Gasteiger partial charge < -0.3 is 14.1 Å². The van der Waals surface area contributed by atoms with Gasteiger partial charge in [0.2, 0.25) is 0 Å². The van der Waals surface area contributed by atoms with E-state index >= 15 is 0 Å². The summed E-state index contributed by atoms with van der Waals surface area (Å²) < 4.78 is 7.38. The highest BCUT2D eigenvalue weighted by Crippen LogP contribution is 2.13. The summed E-state index contributed by atoms with van der Waals surface area (Å²) in [4.78, 5) is 25.8. The van der Waals surface area contributed by atoms with E-state index in [0.29, 0.717) is 31.3 Å². The second kappa shape index (κ2) is 10.9. The summed E-state index contributed by atoms with van der Waals surface area (Å²) in [6.45, 7) is 5.56. The number of hydrogen-bond acceptors (Lipinski definition) is 6. The third-order valence-electron chi connectivity index (χ3n) is 4.23. The van der Waals surface area contributed by atoms with Gasteiger partial charge >= 0.3 is 0 Å². The average Bonchev–Trinajstić information content (AvgIpc) is 2.76. The maximum absolute atomic E-state index is 12.6. The predicted octanol–water partition coefficient (Wildman–Crippen LogP) is 2.47. The summed E-state index contributed by atoms with van der Waals surface area (Å²) in [5.41, 5.74) is 5.38. The third kappa shape index (κ3) is 6.27. The molecule has 0 saturated heterocycles. The molecule has 3 rings (SSSR count). The zero-order valence-corrected chi connectivity index (χ0v) is 17.1. The number of pyridine rings is 1. The van der Waals surface area contributed by atoms with Gasteiger partial charge in [-0.1, -0.05) is 24.0 Å². The molecule has 0 atom stereocenters. The summed E-state index contributed by atoms with van der Waals surface area (Å²) in [6, 6.07) is 12.9. The number of nitrogens with zero attached hydrogens (tertiary/aromatic N) is 3. The normalized spacial score (nSPS) is 10.3. The standard InChI is InChI=1S/C23H24N4O3/c1-3-30-26-13-4-6-19-7-9-20(10-8-19)16-27-18(2)14-21(15-23(27)28)29-17-22-24-11-5-12-25-22/h5,7-12,14-15,26H,3,13,16-17H2,1-2H3. The van der Waals surface area contributed by atoms with Crippen LogP contribution in [0, 0.1) is 18.8 Å². The molecule has 2 heterocycles. The van der Waals surface area contributed by atoms with Crippen molar-refractivity contribution in [2.75, 3.05) is 13.2 Å². The highest BCUT2D eigenvalue weighted by atomic mass is 16.6. The summed E-state index contributed by atoms with van der Waals surface area (Å²) in [5, 5.41) is 0. The first-order valence-corrected chi connectivity index (χ1v) is 9.68. The molecule has 7 nitrogen and oxygen atoms in total. The zero-order chi connectivity index (χ0) is 21.2. The maximum Gasteiger partial charge on any atom is 0.254 e. The van der Waals surface area contributed by atoms with Crippen molar-refractivity contribution in [2.24, 2.45) is 0 Å². The van der Waals surface area contributed by atoms with Gasteiger partial charge in [-0.3, -0.25) is 4.79 Å². The summed E-state index contributed by atoms with van der Waals surface area (Å²) in [7, 11) is 0. The third-order valence-corrected chi connectivity index (χ3v) is 4.23. The van der Waals surface area contributed by atoms with Gasteiger partial charge in [0, 0.05) is 29.7 Å². The Bertz CT molecular complexity index is 1070. The monoisotopic (exact) mass is 404 g/mol. The lowest BCUT2D eigenvalue weighted by atomic mass is 10.1. The molecule has 0 fully saturated rings. The Morgan fingerprint density at radius 2 is 1.90 bits per heavy atom. The first kappa shape index (κ1) is 21.2. The van der Waals surface area contributed by atoms with Crippen LogP contribution in [0.5, 0.6) is 5.75 Å². The number of ether oxygens (including phenoxy) is 1. The molecule has 0 aliphatic heterocycles. The number of rotatable bonds is 8. The van der Waals surface area contributed by atoms with Crippen molar-refractivity contribution in [3.8, 4) is 17.6 Å². The quantitative estimate of drug-likeness (QED) is 0.353. The molecule has 3 aromatic rings. The van der Waals surface area contributed by atoms with Crippen LogP contribution in [0.1, 0.15) is 29.6 Å². The number of aryl methyl sites for hydroxylation is 1. The Morgan fingerprint density at radius 1 is 1.13 bits per heavy atom. The molecule has 0 spiro atoms. The number of aromatic nitrogens is 3. The Labute approximate surface area is 175 Å². The largest absolute Gasteiger partial charge is 0.485 e. The molecule has 0 unspecified atom stereocenters. The van der Waals surface area contributed by atoms with E-state index in [1.165, 1.54) is 6.07 Å². The van der Waals surface area contributed by atoms with Gasteiger partial charge in [0.05, 0.1) is 19.7 Å². The molecule has 0 radical (unpaired) electrons. The predicted molar refractivity (Wildman–Crippen MR) is 114 cm³/mol. The zero-order valence-electron chi connectivity index (χ0n) is 17.1. The minimum Gasteiger partial charge on any atom is -0.485 e. The number of benzene rings is 1. The van der Waals surface area contributed by atoms with Crippen LogP contribution in [-0.4, -0.2) is 27.7 Å². The minimum atomic E-state index is -0.121. The van der Waals surface area contributed by atoms with Crippen LogP contribution < -0.4 is 15.8 Å². The molecule has 154 valence electrons. The van der Waals surface area contributed by atoms with Gasteiger partial charge in [0.15, 0.2) is 5.82 Å². The van der Waals surface area contributed by atoms with Crippen LogP contribution in [0.4, 0.5) is 0 Å². The van der Waals surface area contributed by atoms with Crippen molar-refractivity contribution in [3.05, 3.63) is 87.9 Å². The van der Waals surface area contributed by atoms with Crippen molar-refractivity contribution in [3.63, 3.8) is 0 Å². The van der Waals surface area contributed by atoms with E-state index in [-0.39, 0.29) is 12.2 Å². The van der Waals surface area contributed by atoms with Crippen LogP contribution in [0.15, 0.2) is 59.7 Å². The van der Waals surface area contributed by atoms with Crippen LogP contribution >= 0.6 is 0 Å². The van der Waals surface area contributed by atoms with Gasteiger partial charge in [-0.25, -0.2) is 9.97 Å². The van der Waals surface area contributed by atoms with E-state index in [1.54, 1.807) is 23.0 Å². The molecule has 7 heteroatoms. The topological polar surface area (TPSA) is 78.3 Å². The van der Waals surface area contributed by atoms with Crippen molar-refractivity contribution in [2.45, 2.75) is 27.0 Å². The number of nitrogens with one attached hydrogen (secondary N) is 1. The molecular formula is C23H24N4O3. The minimum absolute atomic E-state index is 0.121. The molecule has 1 N–H and O–H groups in total. The lowest BCUT2D eigenvalue weighted by molar-refractivity contribution is 0.0601. The number of hydroxylamine groups is 1. The smallest absolute Gasteiger partial charge is 0.254 e. The Hall–Kier alpha value is -3.47. The van der Waals surface area contributed by atoms with E-state index in [2.05, 4.69) is 27.3 Å². The highest BCUT2D eigenvalue weighted by Gasteiger charge is 2.06. The Balaban J connectivity index is 1.63. The maximum atomic E-state index is 12.6. The molecule has 2 aromatic heterocycles. The average molecular weight is 404 g/mol. The van der Waals surface area contributed by atoms with E-state index < -0.39 is 0 Å². The molecular weight excluding hydrogens is 380 g/mol. The van der Waals surface area contributed by atoms with Crippen LogP contribution in [0.3, 0.4) is 0 Å².